The fraction of sp³-hybridized carbons (Fsp3) is 0.643. The van der Waals surface area contributed by atoms with Gasteiger partial charge in [-0.3, -0.25) is 4.79 Å². The molecule has 118 valence electrons. The highest BCUT2D eigenvalue weighted by atomic mass is 32.1. The van der Waals surface area contributed by atoms with Crippen molar-refractivity contribution in [3.63, 3.8) is 0 Å². The van der Waals surface area contributed by atoms with E-state index >= 15 is 0 Å². The Hall–Kier alpha value is -1.63. The zero-order valence-corrected chi connectivity index (χ0v) is 14.0. The first kappa shape index (κ1) is 17.4. The average Bonchev–Trinajstić information content (AvgIpc) is 2.82. The molecule has 0 aliphatic heterocycles. The summed E-state index contributed by atoms with van der Waals surface area (Å²) in [4.78, 5) is 32.3. The number of rotatable bonds is 7. The number of aryl methyl sites for hydroxylation is 1. The Balaban J connectivity index is 2.57. The first-order valence-corrected chi connectivity index (χ1v) is 7.94. The molecule has 1 N–H and O–H groups in total. The summed E-state index contributed by atoms with van der Waals surface area (Å²) in [6.07, 6.45) is 4.74. The zero-order chi connectivity index (χ0) is 15.8. The molecule has 0 aromatic carbocycles. The zero-order valence-electron chi connectivity index (χ0n) is 13.2. The molecule has 0 aliphatic carbocycles. The Morgan fingerprint density at radius 3 is 2.57 bits per heavy atom. The molecule has 0 radical (unpaired) electrons. The summed E-state index contributed by atoms with van der Waals surface area (Å²) in [5.41, 5.74) is 0. The van der Waals surface area contributed by atoms with Gasteiger partial charge in [-0.05, 0) is 13.3 Å². The van der Waals surface area contributed by atoms with E-state index in [1.165, 1.54) is 16.2 Å². The van der Waals surface area contributed by atoms with Crippen LogP contribution < -0.4 is 5.32 Å². The van der Waals surface area contributed by atoms with Crippen LogP contribution in [0, 0.1) is 6.92 Å². The lowest BCUT2D eigenvalue weighted by molar-refractivity contribution is -0.116. The van der Waals surface area contributed by atoms with Gasteiger partial charge in [0, 0.05) is 31.7 Å². The molecule has 1 heterocycles. The normalized spacial score (nSPS) is 10.3. The number of aromatic nitrogens is 1. The van der Waals surface area contributed by atoms with Crippen LogP contribution in [0.5, 0.6) is 0 Å². The Bertz CT molecular complexity index is 473. The highest BCUT2D eigenvalue weighted by Crippen LogP contribution is 2.16. The minimum atomic E-state index is -0.212. The number of carbonyl (C=O) groups is 2. The number of nitrogens with one attached hydrogen (secondary N) is 1. The van der Waals surface area contributed by atoms with Crippen molar-refractivity contribution >= 4 is 28.4 Å². The maximum Gasteiger partial charge on any atom is 0.319 e. The highest BCUT2D eigenvalue weighted by molar-refractivity contribution is 7.15. The Morgan fingerprint density at radius 1 is 1.33 bits per heavy atom. The summed E-state index contributed by atoms with van der Waals surface area (Å²) >= 11 is 1.42. The van der Waals surface area contributed by atoms with Gasteiger partial charge in [-0.25, -0.2) is 9.78 Å². The number of carbonyl (C=O) groups excluding carboxylic acids is 2. The second kappa shape index (κ2) is 8.61. The van der Waals surface area contributed by atoms with Crippen molar-refractivity contribution in [2.75, 3.05) is 32.5 Å². The standard InChI is InChI=1S/C14H24N4O2S/c1-5-6-7-8-18(14(20)17(3)4)10-12(19)16-13-15-9-11(2)21-13/h9H,5-8,10H2,1-4H3,(H,15,16,19). The van der Waals surface area contributed by atoms with Gasteiger partial charge in [0.15, 0.2) is 5.13 Å². The number of nitrogens with zero attached hydrogens (tertiary/aromatic N) is 3. The molecule has 1 rings (SSSR count). The van der Waals surface area contributed by atoms with Gasteiger partial charge in [0.1, 0.15) is 6.54 Å². The quantitative estimate of drug-likeness (QED) is 0.787. The largest absolute Gasteiger partial charge is 0.331 e. The van der Waals surface area contributed by atoms with Crippen molar-refractivity contribution < 1.29 is 9.59 Å². The predicted octanol–water partition coefficient (Wildman–Crippen LogP) is 2.56. The first-order valence-electron chi connectivity index (χ1n) is 7.12. The number of thiazole rings is 1. The van der Waals surface area contributed by atoms with Gasteiger partial charge < -0.3 is 15.1 Å². The van der Waals surface area contributed by atoms with E-state index in [0.717, 1.165) is 24.1 Å². The third-order valence-electron chi connectivity index (χ3n) is 2.89. The van der Waals surface area contributed by atoms with Crippen molar-refractivity contribution in [3.8, 4) is 0 Å². The highest BCUT2D eigenvalue weighted by Gasteiger charge is 2.18. The Kier molecular flexibility index (Phi) is 7.14. The molecule has 0 spiro atoms. The molecule has 0 saturated heterocycles. The van der Waals surface area contributed by atoms with Crippen LogP contribution in [0.25, 0.3) is 0 Å². The number of hydrogen-bond donors (Lipinski definition) is 1. The van der Waals surface area contributed by atoms with Gasteiger partial charge in [0.25, 0.3) is 0 Å². The predicted molar refractivity (Wildman–Crippen MR) is 85.7 cm³/mol. The molecule has 3 amide bonds. The second-order valence-electron chi connectivity index (χ2n) is 5.13. The van der Waals surface area contributed by atoms with Gasteiger partial charge in [-0.2, -0.15) is 0 Å². The van der Waals surface area contributed by atoms with Crippen LogP contribution in [-0.2, 0) is 4.79 Å². The maximum absolute atomic E-state index is 12.1. The summed E-state index contributed by atoms with van der Waals surface area (Å²) in [5.74, 6) is -0.212. The Labute approximate surface area is 130 Å². The lowest BCUT2D eigenvalue weighted by atomic mass is 10.2. The summed E-state index contributed by atoms with van der Waals surface area (Å²) in [5, 5.41) is 3.31. The van der Waals surface area contributed by atoms with Gasteiger partial charge in [-0.1, -0.05) is 19.8 Å². The molecule has 1 aromatic heterocycles. The summed E-state index contributed by atoms with van der Waals surface area (Å²) in [6.45, 7) is 4.68. The minimum absolute atomic E-state index is 0.0549. The molecule has 0 fully saturated rings. The van der Waals surface area contributed by atoms with Gasteiger partial charge in [-0.15, -0.1) is 11.3 Å². The third-order valence-corrected chi connectivity index (χ3v) is 3.71. The van der Waals surface area contributed by atoms with Crippen LogP contribution in [0.4, 0.5) is 9.93 Å². The van der Waals surface area contributed by atoms with Gasteiger partial charge in [0.05, 0.1) is 0 Å². The van der Waals surface area contributed by atoms with Crippen LogP contribution in [0.15, 0.2) is 6.20 Å². The van der Waals surface area contributed by atoms with Crippen LogP contribution >= 0.6 is 11.3 Å². The topological polar surface area (TPSA) is 65.5 Å². The van der Waals surface area contributed by atoms with E-state index in [1.807, 2.05) is 6.92 Å². The van der Waals surface area contributed by atoms with E-state index in [2.05, 4.69) is 17.2 Å². The number of unbranched alkanes of at least 4 members (excludes halogenated alkanes) is 2. The van der Waals surface area contributed by atoms with Crippen molar-refractivity contribution in [2.24, 2.45) is 0 Å². The average molecular weight is 312 g/mol. The number of anilines is 1. The van der Waals surface area contributed by atoms with Crippen molar-refractivity contribution in [2.45, 2.75) is 33.1 Å². The maximum atomic E-state index is 12.1. The fourth-order valence-electron chi connectivity index (χ4n) is 1.82. The number of amides is 3. The van der Waals surface area contributed by atoms with E-state index in [4.69, 9.17) is 0 Å². The van der Waals surface area contributed by atoms with E-state index in [0.29, 0.717) is 11.7 Å². The van der Waals surface area contributed by atoms with Crippen LogP contribution in [0.1, 0.15) is 31.1 Å². The molecule has 0 bridgehead atoms. The van der Waals surface area contributed by atoms with E-state index in [9.17, 15) is 9.59 Å². The fourth-order valence-corrected chi connectivity index (χ4v) is 2.50. The molecule has 0 unspecified atom stereocenters. The number of hydrogen-bond acceptors (Lipinski definition) is 4. The SMILES string of the molecule is CCCCCN(CC(=O)Nc1ncc(C)s1)C(=O)N(C)C. The molecule has 1 aromatic rings. The molecular formula is C14H24N4O2S. The number of urea groups is 1. The molecule has 0 atom stereocenters. The van der Waals surface area contributed by atoms with Crippen molar-refractivity contribution in [3.05, 3.63) is 11.1 Å². The monoisotopic (exact) mass is 312 g/mol. The lowest BCUT2D eigenvalue weighted by Gasteiger charge is -2.25. The lowest BCUT2D eigenvalue weighted by Crippen LogP contribution is -2.43. The van der Waals surface area contributed by atoms with Gasteiger partial charge in [0.2, 0.25) is 5.91 Å². The molecule has 6 nitrogen and oxygen atoms in total. The van der Waals surface area contributed by atoms with Crippen LogP contribution in [0.2, 0.25) is 0 Å². The molecule has 21 heavy (non-hydrogen) atoms. The van der Waals surface area contributed by atoms with E-state index < -0.39 is 0 Å². The van der Waals surface area contributed by atoms with Gasteiger partial charge >= 0.3 is 6.03 Å². The van der Waals surface area contributed by atoms with Crippen molar-refractivity contribution in [1.29, 1.82) is 0 Å². The summed E-state index contributed by atoms with van der Waals surface area (Å²) in [7, 11) is 3.38. The second-order valence-corrected chi connectivity index (χ2v) is 6.36. The molecular weight excluding hydrogens is 288 g/mol. The molecule has 0 aliphatic rings. The first-order chi connectivity index (χ1) is 9.93. The minimum Gasteiger partial charge on any atom is -0.331 e. The Morgan fingerprint density at radius 2 is 2.05 bits per heavy atom. The third kappa shape index (κ3) is 6.12. The molecule has 0 saturated carbocycles. The smallest absolute Gasteiger partial charge is 0.319 e. The summed E-state index contributed by atoms with van der Waals surface area (Å²) in [6, 6.07) is -0.142. The van der Waals surface area contributed by atoms with E-state index in [-0.39, 0.29) is 18.5 Å². The van der Waals surface area contributed by atoms with Crippen LogP contribution in [-0.4, -0.2) is 53.9 Å². The molecule has 7 heteroatoms. The van der Waals surface area contributed by atoms with Crippen LogP contribution in [0.3, 0.4) is 0 Å². The van der Waals surface area contributed by atoms with Crippen molar-refractivity contribution in [1.82, 2.24) is 14.8 Å². The van der Waals surface area contributed by atoms with E-state index in [1.54, 1.807) is 25.2 Å². The summed E-state index contributed by atoms with van der Waals surface area (Å²) < 4.78 is 0.